The Bertz CT molecular complexity index is 994. The van der Waals surface area contributed by atoms with Crippen LogP contribution in [0.3, 0.4) is 0 Å². The van der Waals surface area contributed by atoms with Crippen LogP contribution >= 0.6 is 0 Å². The fraction of sp³-hybridized carbons (Fsp3) is 0.552. The highest BCUT2D eigenvalue weighted by Crippen LogP contribution is 2.34. The summed E-state index contributed by atoms with van der Waals surface area (Å²) in [4.78, 5) is 17.7. The molecule has 2 aromatic rings. The van der Waals surface area contributed by atoms with Gasteiger partial charge in [-0.3, -0.25) is 9.69 Å². The maximum absolute atomic E-state index is 13.0. The predicted molar refractivity (Wildman–Crippen MR) is 135 cm³/mol. The molecule has 2 aromatic carbocycles. The number of rotatable bonds is 4. The van der Waals surface area contributed by atoms with Crippen LogP contribution in [-0.4, -0.2) is 47.9 Å². The van der Waals surface area contributed by atoms with Gasteiger partial charge in [-0.1, -0.05) is 57.2 Å². The molecule has 0 saturated carbocycles. The van der Waals surface area contributed by atoms with Crippen LogP contribution in [0.25, 0.3) is 0 Å². The second-order valence-electron chi connectivity index (χ2n) is 11.4. The van der Waals surface area contributed by atoms with Crippen molar-refractivity contribution < 1.29 is 4.79 Å². The number of carbonyl (C=O) groups is 1. The van der Waals surface area contributed by atoms with Gasteiger partial charge in [0.25, 0.3) is 5.91 Å². The minimum atomic E-state index is 0.195. The minimum Gasteiger partial charge on any atom is -0.330 e. The molecule has 3 heterocycles. The quantitative estimate of drug-likeness (QED) is 0.714. The molecule has 2 fully saturated rings. The highest BCUT2D eigenvalue weighted by molar-refractivity contribution is 5.98. The van der Waals surface area contributed by atoms with E-state index in [2.05, 4.69) is 78.4 Å². The van der Waals surface area contributed by atoms with Crippen molar-refractivity contribution in [3.05, 3.63) is 70.3 Å². The van der Waals surface area contributed by atoms with E-state index in [4.69, 9.17) is 0 Å². The number of nitrogens with zero attached hydrogens (tertiary/aromatic N) is 2. The number of piperidine rings is 2. The normalized spacial score (nSPS) is 22.6. The lowest BCUT2D eigenvalue weighted by atomic mass is 9.86. The van der Waals surface area contributed by atoms with Gasteiger partial charge >= 0.3 is 0 Å². The molecule has 33 heavy (non-hydrogen) atoms. The molecule has 2 saturated heterocycles. The van der Waals surface area contributed by atoms with Gasteiger partial charge in [0.1, 0.15) is 0 Å². The van der Waals surface area contributed by atoms with Crippen molar-refractivity contribution in [1.29, 1.82) is 0 Å². The third-order valence-corrected chi connectivity index (χ3v) is 7.93. The summed E-state index contributed by atoms with van der Waals surface area (Å²) < 4.78 is 0. The number of benzene rings is 2. The van der Waals surface area contributed by atoms with Crippen LogP contribution < -0.4 is 5.32 Å². The van der Waals surface area contributed by atoms with Crippen LogP contribution in [-0.2, 0) is 18.5 Å². The highest BCUT2D eigenvalue weighted by atomic mass is 16.2. The third kappa shape index (κ3) is 4.88. The fourth-order valence-corrected chi connectivity index (χ4v) is 5.83. The van der Waals surface area contributed by atoms with E-state index in [9.17, 15) is 4.79 Å². The number of fused-ring (bicyclic) bond motifs is 1. The van der Waals surface area contributed by atoms with Gasteiger partial charge in [0.2, 0.25) is 0 Å². The van der Waals surface area contributed by atoms with Crippen molar-refractivity contribution in [2.24, 2.45) is 0 Å². The summed E-state index contributed by atoms with van der Waals surface area (Å²) in [6.07, 6.45) is 4.68. The molecule has 0 aliphatic carbocycles. The zero-order valence-electron chi connectivity index (χ0n) is 20.6. The molecule has 1 N–H and O–H groups in total. The summed E-state index contributed by atoms with van der Waals surface area (Å²) in [6.45, 7) is 13.0. The average Bonchev–Trinajstić information content (AvgIpc) is 3.15. The molecule has 0 spiro atoms. The van der Waals surface area contributed by atoms with E-state index in [0.717, 1.165) is 57.7 Å². The van der Waals surface area contributed by atoms with E-state index in [-0.39, 0.29) is 11.3 Å². The van der Waals surface area contributed by atoms with E-state index in [1.807, 2.05) is 0 Å². The second kappa shape index (κ2) is 9.23. The lowest BCUT2D eigenvalue weighted by Crippen LogP contribution is -2.46. The summed E-state index contributed by atoms with van der Waals surface area (Å²) in [5.74, 6) is 0.838. The molecular weight excluding hydrogens is 406 g/mol. The Labute approximate surface area is 199 Å². The largest absolute Gasteiger partial charge is 0.330 e. The number of likely N-dealkylation sites (tertiary alicyclic amines) is 1. The zero-order valence-corrected chi connectivity index (χ0v) is 20.6. The number of nitrogens with one attached hydrogen (secondary N) is 1. The standard InChI is InChI=1S/C29H39N3O/c1-29(2,3)25-7-4-6-21(16-25)19-31-14-11-22(12-15-31)23-9-10-27-24(17-23)20-32(28(27)33)26-8-5-13-30-18-26/h4,6-7,9-10,16-17,22,26,30H,5,8,11-15,18-20H2,1-3H3. The van der Waals surface area contributed by atoms with E-state index in [1.54, 1.807) is 0 Å². The van der Waals surface area contributed by atoms with Crippen LogP contribution in [0.2, 0.25) is 0 Å². The van der Waals surface area contributed by atoms with Crippen molar-refractivity contribution in [1.82, 2.24) is 15.1 Å². The predicted octanol–water partition coefficient (Wildman–Crippen LogP) is 5.07. The minimum absolute atomic E-state index is 0.195. The van der Waals surface area contributed by atoms with E-state index in [1.165, 1.54) is 35.1 Å². The highest BCUT2D eigenvalue weighted by Gasteiger charge is 2.34. The molecular formula is C29H39N3O. The molecule has 0 radical (unpaired) electrons. The number of hydrogen-bond donors (Lipinski definition) is 1. The van der Waals surface area contributed by atoms with Crippen molar-refractivity contribution >= 4 is 5.91 Å². The number of carbonyl (C=O) groups excluding carboxylic acids is 1. The first-order valence-corrected chi connectivity index (χ1v) is 12.8. The molecule has 0 bridgehead atoms. The molecule has 3 aliphatic heterocycles. The van der Waals surface area contributed by atoms with Gasteiger partial charge in [-0.25, -0.2) is 0 Å². The summed E-state index contributed by atoms with van der Waals surface area (Å²) >= 11 is 0. The Hall–Kier alpha value is -2.17. The van der Waals surface area contributed by atoms with Gasteiger partial charge in [0, 0.05) is 31.2 Å². The fourth-order valence-electron chi connectivity index (χ4n) is 5.83. The lowest BCUT2D eigenvalue weighted by molar-refractivity contribution is 0.0674. The monoisotopic (exact) mass is 445 g/mol. The van der Waals surface area contributed by atoms with Crippen molar-refractivity contribution in [2.75, 3.05) is 26.2 Å². The van der Waals surface area contributed by atoms with Crippen molar-refractivity contribution in [3.63, 3.8) is 0 Å². The maximum Gasteiger partial charge on any atom is 0.254 e. The van der Waals surface area contributed by atoms with Crippen molar-refractivity contribution in [2.45, 2.75) is 76.9 Å². The number of hydrogen-bond acceptors (Lipinski definition) is 3. The Morgan fingerprint density at radius 2 is 1.85 bits per heavy atom. The first-order chi connectivity index (χ1) is 15.9. The molecule has 1 amide bonds. The van der Waals surface area contributed by atoms with Gasteiger partial charge in [-0.05, 0) is 85.0 Å². The Morgan fingerprint density at radius 1 is 1.03 bits per heavy atom. The maximum atomic E-state index is 13.0. The lowest BCUT2D eigenvalue weighted by Gasteiger charge is -2.32. The molecule has 3 aliphatic rings. The van der Waals surface area contributed by atoms with Crippen molar-refractivity contribution in [3.8, 4) is 0 Å². The Morgan fingerprint density at radius 3 is 2.58 bits per heavy atom. The Kier molecular flexibility index (Phi) is 6.32. The van der Waals surface area contributed by atoms with E-state index < -0.39 is 0 Å². The molecule has 1 unspecified atom stereocenters. The van der Waals surface area contributed by atoms with Gasteiger partial charge in [0.15, 0.2) is 0 Å². The second-order valence-corrected chi connectivity index (χ2v) is 11.4. The first kappa shape index (κ1) is 22.6. The topological polar surface area (TPSA) is 35.6 Å². The molecule has 176 valence electrons. The SMILES string of the molecule is CC(C)(C)c1cccc(CN2CCC(c3ccc4c(c3)CN(C3CCCNC3)C4=O)CC2)c1. The van der Waals surface area contributed by atoms with Gasteiger partial charge in [-0.2, -0.15) is 0 Å². The zero-order chi connectivity index (χ0) is 23.0. The molecule has 4 heteroatoms. The molecule has 5 rings (SSSR count). The molecule has 0 aromatic heterocycles. The van der Waals surface area contributed by atoms with E-state index in [0.29, 0.717) is 12.0 Å². The van der Waals surface area contributed by atoms with Gasteiger partial charge < -0.3 is 10.2 Å². The molecule has 1 atom stereocenters. The Balaban J connectivity index is 1.20. The van der Waals surface area contributed by atoms with Crippen LogP contribution in [0.4, 0.5) is 0 Å². The summed E-state index contributed by atoms with van der Waals surface area (Å²) in [5, 5.41) is 3.46. The van der Waals surface area contributed by atoms with Crippen LogP contribution in [0.5, 0.6) is 0 Å². The first-order valence-electron chi connectivity index (χ1n) is 12.8. The summed E-state index contributed by atoms with van der Waals surface area (Å²) in [7, 11) is 0. The third-order valence-electron chi connectivity index (χ3n) is 7.93. The van der Waals surface area contributed by atoms with Gasteiger partial charge in [0.05, 0.1) is 0 Å². The summed E-state index contributed by atoms with van der Waals surface area (Å²) in [5.41, 5.74) is 6.64. The van der Waals surface area contributed by atoms with Crippen LogP contribution in [0.15, 0.2) is 42.5 Å². The van der Waals surface area contributed by atoms with E-state index >= 15 is 0 Å². The van der Waals surface area contributed by atoms with Crippen LogP contribution in [0, 0.1) is 0 Å². The number of amides is 1. The molecule has 4 nitrogen and oxygen atoms in total. The smallest absolute Gasteiger partial charge is 0.254 e. The average molecular weight is 446 g/mol. The summed E-state index contributed by atoms with van der Waals surface area (Å²) in [6, 6.07) is 16.1. The van der Waals surface area contributed by atoms with Crippen LogP contribution in [0.1, 0.15) is 85.0 Å². The van der Waals surface area contributed by atoms with Gasteiger partial charge in [-0.15, -0.1) is 0 Å².